The van der Waals surface area contributed by atoms with Crippen molar-refractivity contribution in [3.05, 3.63) is 28.8 Å². The van der Waals surface area contributed by atoms with Gasteiger partial charge in [0.15, 0.2) is 0 Å². The van der Waals surface area contributed by atoms with Crippen LogP contribution in [0.2, 0.25) is 0 Å². The van der Waals surface area contributed by atoms with E-state index in [0.29, 0.717) is 11.8 Å². The van der Waals surface area contributed by atoms with Crippen molar-refractivity contribution in [1.82, 2.24) is 4.90 Å². The fourth-order valence-corrected chi connectivity index (χ4v) is 3.90. The van der Waals surface area contributed by atoms with Crippen LogP contribution in [0.25, 0.3) is 0 Å². The Balaban J connectivity index is 1.74. The summed E-state index contributed by atoms with van der Waals surface area (Å²) in [6, 6.07) is 4.39. The first-order valence-corrected chi connectivity index (χ1v) is 7.63. The van der Waals surface area contributed by atoms with E-state index >= 15 is 0 Å². The topological polar surface area (TPSA) is 32.7 Å². The van der Waals surface area contributed by atoms with Gasteiger partial charge in [-0.05, 0) is 61.3 Å². The molecular weight excluding hydrogens is 250 g/mol. The SMILES string of the molecule is COc1cc(C)c(CN2C[C@H]3CC[C@@H](C2)C3O)cc1C. The summed E-state index contributed by atoms with van der Waals surface area (Å²) in [4.78, 5) is 2.52. The molecule has 3 atom stereocenters. The van der Waals surface area contributed by atoms with E-state index < -0.39 is 0 Å². The molecule has 0 aromatic heterocycles. The number of benzene rings is 1. The highest BCUT2D eigenvalue weighted by Gasteiger charge is 2.40. The fraction of sp³-hybridized carbons (Fsp3) is 0.647. The number of rotatable bonds is 3. The molecule has 3 heteroatoms. The van der Waals surface area contributed by atoms with Crippen LogP contribution < -0.4 is 4.74 Å². The van der Waals surface area contributed by atoms with Crippen molar-refractivity contribution in [3.63, 3.8) is 0 Å². The minimum absolute atomic E-state index is 0.0510. The van der Waals surface area contributed by atoms with Crippen molar-refractivity contribution >= 4 is 0 Å². The predicted octanol–water partition coefficient (Wildman–Crippen LogP) is 2.51. The molecule has 1 N–H and O–H groups in total. The van der Waals surface area contributed by atoms with Crippen LogP contribution in [0.1, 0.15) is 29.5 Å². The lowest BCUT2D eigenvalue weighted by Crippen LogP contribution is -2.44. The number of nitrogens with zero attached hydrogens (tertiary/aromatic N) is 1. The molecule has 1 saturated carbocycles. The second-order valence-corrected chi connectivity index (χ2v) is 6.53. The third-order valence-electron chi connectivity index (χ3n) is 5.11. The largest absolute Gasteiger partial charge is 0.496 e. The number of hydrogen-bond acceptors (Lipinski definition) is 3. The van der Waals surface area contributed by atoms with Gasteiger partial charge in [0.2, 0.25) is 0 Å². The predicted molar refractivity (Wildman–Crippen MR) is 80.0 cm³/mol. The van der Waals surface area contributed by atoms with Gasteiger partial charge in [0.05, 0.1) is 13.2 Å². The molecule has 2 fully saturated rings. The van der Waals surface area contributed by atoms with Gasteiger partial charge in [-0.2, -0.15) is 0 Å². The molecule has 1 aliphatic heterocycles. The smallest absolute Gasteiger partial charge is 0.122 e. The highest BCUT2D eigenvalue weighted by Crippen LogP contribution is 2.37. The summed E-state index contributed by atoms with van der Waals surface area (Å²) < 4.78 is 5.38. The molecule has 1 saturated heterocycles. The molecule has 0 amide bonds. The van der Waals surface area contributed by atoms with Gasteiger partial charge in [-0.15, -0.1) is 0 Å². The van der Waals surface area contributed by atoms with Crippen LogP contribution in [-0.2, 0) is 6.54 Å². The Labute approximate surface area is 121 Å². The Hall–Kier alpha value is -1.06. The fourth-order valence-electron chi connectivity index (χ4n) is 3.90. The number of piperidine rings is 1. The van der Waals surface area contributed by atoms with Crippen molar-refractivity contribution in [2.24, 2.45) is 11.8 Å². The molecular formula is C17H25NO2. The van der Waals surface area contributed by atoms with Crippen molar-refractivity contribution in [1.29, 1.82) is 0 Å². The Morgan fingerprint density at radius 2 is 1.80 bits per heavy atom. The quantitative estimate of drug-likeness (QED) is 0.920. The molecule has 20 heavy (non-hydrogen) atoms. The molecule has 3 nitrogen and oxygen atoms in total. The zero-order valence-corrected chi connectivity index (χ0v) is 12.7. The molecule has 2 bridgehead atoms. The highest BCUT2D eigenvalue weighted by atomic mass is 16.5. The average Bonchev–Trinajstić information content (AvgIpc) is 2.65. The van der Waals surface area contributed by atoms with Gasteiger partial charge < -0.3 is 9.84 Å². The maximum Gasteiger partial charge on any atom is 0.122 e. The summed E-state index contributed by atoms with van der Waals surface area (Å²) in [6.45, 7) is 7.34. The molecule has 1 aromatic rings. The van der Waals surface area contributed by atoms with Crippen LogP contribution >= 0.6 is 0 Å². The van der Waals surface area contributed by atoms with Gasteiger partial charge in [0.1, 0.15) is 5.75 Å². The lowest BCUT2D eigenvalue weighted by atomic mass is 9.94. The van der Waals surface area contributed by atoms with Crippen LogP contribution in [0.5, 0.6) is 5.75 Å². The van der Waals surface area contributed by atoms with E-state index in [1.54, 1.807) is 7.11 Å². The van der Waals surface area contributed by atoms with Crippen molar-refractivity contribution in [2.75, 3.05) is 20.2 Å². The van der Waals surface area contributed by atoms with E-state index in [4.69, 9.17) is 4.74 Å². The molecule has 1 aliphatic carbocycles. The number of methoxy groups -OCH3 is 1. The summed E-state index contributed by atoms with van der Waals surface area (Å²) in [5, 5.41) is 10.1. The first-order valence-electron chi connectivity index (χ1n) is 7.63. The summed E-state index contributed by atoms with van der Waals surface area (Å²) in [5.74, 6) is 1.96. The molecule has 2 aliphatic rings. The molecule has 1 heterocycles. The van der Waals surface area contributed by atoms with E-state index in [1.807, 2.05) is 0 Å². The van der Waals surface area contributed by atoms with Gasteiger partial charge >= 0.3 is 0 Å². The van der Waals surface area contributed by atoms with Crippen molar-refractivity contribution in [3.8, 4) is 5.75 Å². The molecule has 110 valence electrons. The number of aryl methyl sites for hydroxylation is 2. The minimum atomic E-state index is -0.0510. The summed E-state index contributed by atoms with van der Waals surface area (Å²) in [5.41, 5.74) is 3.89. The van der Waals surface area contributed by atoms with E-state index in [2.05, 4.69) is 30.9 Å². The normalized spacial score (nSPS) is 29.7. The van der Waals surface area contributed by atoms with Gasteiger partial charge in [-0.25, -0.2) is 0 Å². The van der Waals surface area contributed by atoms with Crippen LogP contribution in [0.3, 0.4) is 0 Å². The van der Waals surface area contributed by atoms with Crippen LogP contribution in [0.4, 0.5) is 0 Å². The number of fused-ring (bicyclic) bond motifs is 2. The Kier molecular flexibility index (Phi) is 3.74. The first-order chi connectivity index (χ1) is 9.58. The number of aliphatic hydroxyl groups excluding tert-OH is 1. The zero-order valence-electron chi connectivity index (χ0n) is 12.7. The van der Waals surface area contributed by atoms with Gasteiger partial charge in [0, 0.05) is 19.6 Å². The van der Waals surface area contributed by atoms with E-state index in [1.165, 1.54) is 29.5 Å². The van der Waals surface area contributed by atoms with Crippen LogP contribution in [0.15, 0.2) is 12.1 Å². The summed E-state index contributed by atoms with van der Waals surface area (Å²) in [6.07, 6.45) is 2.34. The van der Waals surface area contributed by atoms with Crippen LogP contribution in [-0.4, -0.2) is 36.3 Å². The average molecular weight is 275 g/mol. The maximum absolute atomic E-state index is 10.1. The second kappa shape index (κ2) is 5.38. The first kappa shape index (κ1) is 13.9. The summed E-state index contributed by atoms with van der Waals surface area (Å²) >= 11 is 0. The van der Waals surface area contributed by atoms with Gasteiger partial charge in [-0.3, -0.25) is 4.90 Å². The number of aliphatic hydroxyl groups is 1. The maximum atomic E-state index is 10.1. The van der Waals surface area contributed by atoms with Gasteiger partial charge in [-0.1, -0.05) is 6.07 Å². The Bertz CT molecular complexity index is 486. The molecule has 0 spiro atoms. The minimum Gasteiger partial charge on any atom is -0.496 e. The van der Waals surface area contributed by atoms with Crippen LogP contribution in [0, 0.1) is 25.7 Å². The monoisotopic (exact) mass is 275 g/mol. The van der Waals surface area contributed by atoms with E-state index in [0.717, 1.165) is 25.4 Å². The second-order valence-electron chi connectivity index (χ2n) is 6.53. The molecule has 3 rings (SSSR count). The van der Waals surface area contributed by atoms with Crippen molar-refractivity contribution in [2.45, 2.75) is 39.3 Å². The standard InChI is InChI=1S/C17H25NO2/c1-11-7-16(20-3)12(2)6-15(11)10-18-8-13-4-5-14(9-18)17(13)19/h6-7,13-14,17,19H,4-5,8-10H2,1-3H3/t13-,14+,17?. The lowest BCUT2D eigenvalue weighted by Gasteiger charge is -2.35. The molecule has 0 radical (unpaired) electrons. The lowest BCUT2D eigenvalue weighted by molar-refractivity contribution is 0.0138. The zero-order chi connectivity index (χ0) is 14.3. The third-order valence-corrected chi connectivity index (χ3v) is 5.11. The van der Waals surface area contributed by atoms with E-state index in [9.17, 15) is 5.11 Å². The molecule has 1 unspecified atom stereocenters. The number of hydrogen-bond donors (Lipinski definition) is 1. The van der Waals surface area contributed by atoms with Crippen molar-refractivity contribution < 1.29 is 9.84 Å². The third kappa shape index (κ3) is 2.45. The van der Waals surface area contributed by atoms with Gasteiger partial charge in [0.25, 0.3) is 0 Å². The highest BCUT2D eigenvalue weighted by molar-refractivity contribution is 5.41. The Morgan fingerprint density at radius 1 is 1.15 bits per heavy atom. The molecule has 1 aromatic carbocycles. The van der Waals surface area contributed by atoms with E-state index in [-0.39, 0.29) is 6.10 Å². The number of ether oxygens (including phenoxy) is 1. The number of likely N-dealkylation sites (tertiary alicyclic amines) is 1. The Morgan fingerprint density at radius 3 is 2.40 bits per heavy atom. The summed E-state index contributed by atoms with van der Waals surface area (Å²) in [7, 11) is 1.73.